The molecule has 0 aromatic carbocycles. The number of carbonyl (C=O) groups is 3. The van der Waals surface area contributed by atoms with Crippen LogP contribution in [0.3, 0.4) is 0 Å². The van der Waals surface area contributed by atoms with Gasteiger partial charge in [-0.15, -0.1) is 0 Å². The van der Waals surface area contributed by atoms with E-state index >= 15 is 0 Å². The minimum atomic E-state index is -0.685. The maximum Gasteiger partial charge on any atom is 0.325 e. The van der Waals surface area contributed by atoms with Gasteiger partial charge in [0, 0.05) is 25.6 Å². The number of likely N-dealkylation sites (tertiary alicyclic amines) is 1. The highest BCUT2D eigenvalue weighted by Crippen LogP contribution is 2.33. The summed E-state index contributed by atoms with van der Waals surface area (Å²) in [6, 6.07) is -0.000529. The van der Waals surface area contributed by atoms with E-state index in [0.717, 1.165) is 57.9 Å². The maximum absolute atomic E-state index is 12.7. The summed E-state index contributed by atoms with van der Waals surface area (Å²) in [6.07, 6.45) is 9.04. The van der Waals surface area contributed by atoms with Crippen molar-refractivity contribution in [3.8, 4) is 0 Å². The number of rotatable bonds is 4. The molecule has 0 aromatic rings. The monoisotopic (exact) mass is 335 g/mol. The van der Waals surface area contributed by atoms with Crippen LogP contribution in [0.15, 0.2) is 0 Å². The average molecular weight is 335 g/mol. The smallest absolute Gasteiger partial charge is 0.325 e. The summed E-state index contributed by atoms with van der Waals surface area (Å²) >= 11 is 0. The molecule has 1 aliphatic carbocycles. The standard InChI is InChI=1S/C18H29N3O3/c1-2-14-8-4-7-12-20(14)15(22)9-13-21-16(23)18(19-17(21)24)10-5-3-6-11-18/h14H,2-13H2,1H3,(H,19,24)/t14-/m1/s1. The second kappa shape index (κ2) is 7.11. The number of piperidine rings is 1. The zero-order chi connectivity index (χ0) is 17.2. The van der Waals surface area contributed by atoms with E-state index in [1.165, 1.54) is 11.3 Å². The molecule has 24 heavy (non-hydrogen) atoms. The Kier molecular flexibility index (Phi) is 5.11. The number of nitrogens with one attached hydrogen (secondary N) is 1. The second-order valence-corrected chi connectivity index (χ2v) is 7.42. The number of amides is 4. The van der Waals surface area contributed by atoms with Gasteiger partial charge < -0.3 is 10.2 Å². The lowest BCUT2D eigenvalue weighted by atomic mass is 9.82. The Morgan fingerprint density at radius 3 is 2.62 bits per heavy atom. The van der Waals surface area contributed by atoms with Gasteiger partial charge in [-0.2, -0.15) is 0 Å². The third-order valence-electron chi connectivity index (χ3n) is 5.92. The molecular formula is C18H29N3O3. The Morgan fingerprint density at radius 1 is 1.17 bits per heavy atom. The van der Waals surface area contributed by atoms with E-state index in [-0.39, 0.29) is 30.8 Å². The lowest BCUT2D eigenvalue weighted by Crippen LogP contribution is -2.48. The van der Waals surface area contributed by atoms with Gasteiger partial charge in [0.25, 0.3) is 5.91 Å². The Labute approximate surface area is 143 Å². The summed E-state index contributed by atoms with van der Waals surface area (Å²) in [6.45, 7) is 3.13. The van der Waals surface area contributed by atoms with Crippen LogP contribution in [-0.4, -0.2) is 52.3 Å². The Hall–Kier alpha value is -1.59. The Bertz CT molecular complexity index is 514. The highest BCUT2D eigenvalue weighted by molar-refractivity contribution is 6.07. The first-order chi connectivity index (χ1) is 11.6. The summed E-state index contributed by atoms with van der Waals surface area (Å²) in [5.74, 6) is -0.0440. The number of carbonyl (C=O) groups excluding carboxylic acids is 3. The average Bonchev–Trinajstić information content (AvgIpc) is 2.83. The van der Waals surface area contributed by atoms with E-state index in [0.29, 0.717) is 6.04 Å². The van der Waals surface area contributed by atoms with Crippen LogP contribution >= 0.6 is 0 Å². The summed E-state index contributed by atoms with van der Waals surface area (Å²) < 4.78 is 0. The number of nitrogens with zero attached hydrogens (tertiary/aromatic N) is 2. The van der Waals surface area contributed by atoms with Crippen LogP contribution in [0, 0.1) is 0 Å². The molecule has 0 bridgehead atoms. The van der Waals surface area contributed by atoms with Crippen molar-refractivity contribution >= 4 is 17.8 Å². The Balaban J connectivity index is 1.58. The summed E-state index contributed by atoms with van der Waals surface area (Å²) in [5, 5.41) is 2.90. The molecule has 1 N–H and O–H groups in total. The predicted octanol–water partition coefficient (Wildman–Crippen LogP) is 2.42. The maximum atomic E-state index is 12.7. The lowest BCUT2D eigenvalue weighted by molar-refractivity contribution is -0.136. The van der Waals surface area contributed by atoms with Gasteiger partial charge in [0.15, 0.2) is 0 Å². The first-order valence-corrected chi connectivity index (χ1v) is 9.51. The van der Waals surface area contributed by atoms with Crippen molar-refractivity contribution in [3.05, 3.63) is 0 Å². The zero-order valence-corrected chi connectivity index (χ0v) is 14.7. The van der Waals surface area contributed by atoms with Gasteiger partial charge in [0.2, 0.25) is 5.91 Å². The van der Waals surface area contributed by atoms with Gasteiger partial charge in [0.1, 0.15) is 5.54 Å². The molecule has 2 heterocycles. The first-order valence-electron chi connectivity index (χ1n) is 9.51. The van der Waals surface area contributed by atoms with Crippen molar-refractivity contribution < 1.29 is 14.4 Å². The second-order valence-electron chi connectivity index (χ2n) is 7.42. The van der Waals surface area contributed by atoms with Crippen molar-refractivity contribution in [2.24, 2.45) is 0 Å². The topological polar surface area (TPSA) is 69.7 Å². The molecule has 0 unspecified atom stereocenters. The number of hydrogen-bond donors (Lipinski definition) is 1. The normalized spacial score (nSPS) is 26.8. The largest absolute Gasteiger partial charge is 0.340 e. The molecule has 0 radical (unpaired) electrons. The molecule has 6 nitrogen and oxygen atoms in total. The molecular weight excluding hydrogens is 306 g/mol. The molecule has 134 valence electrons. The minimum absolute atomic E-state index is 0.0757. The fraction of sp³-hybridized carbons (Fsp3) is 0.833. The minimum Gasteiger partial charge on any atom is -0.340 e. The molecule has 6 heteroatoms. The molecule has 3 fully saturated rings. The summed E-state index contributed by atoms with van der Waals surface area (Å²) in [4.78, 5) is 40.7. The summed E-state index contributed by atoms with van der Waals surface area (Å²) in [5.41, 5.74) is -0.685. The van der Waals surface area contributed by atoms with Crippen molar-refractivity contribution in [1.82, 2.24) is 15.1 Å². The zero-order valence-electron chi connectivity index (χ0n) is 14.7. The number of urea groups is 1. The highest BCUT2D eigenvalue weighted by Gasteiger charge is 2.51. The van der Waals surface area contributed by atoms with Crippen LogP contribution in [0.5, 0.6) is 0 Å². The molecule has 1 saturated carbocycles. The Morgan fingerprint density at radius 2 is 1.92 bits per heavy atom. The molecule has 3 rings (SSSR count). The molecule has 4 amide bonds. The molecule has 3 aliphatic rings. The molecule has 1 spiro atoms. The van der Waals surface area contributed by atoms with Gasteiger partial charge in [-0.25, -0.2) is 4.79 Å². The van der Waals surface area contributed by atoms with Crippen LogP contribution in [0.2, 0.25) is 0 Å². The third kappa shape index (κ3) is 3.15. The third-order valence-corrected chi connectivity index (χ3v) is 5.92. The van der Waals surface area contributed by atoms with E-state index < -0.39 is 5.54 Å². The number of hydrogen-bond acceptors (Lipinski definition) is 3. The lowest BCUT2D eigenvalue weighted by Gasteiger charge is -2.35. The van der Waals surface area contributed by atoms with Crippen LogP contribution in [0.4, 0.5) is 4.79 Å². The molecule has 0 aromatic heterocycles. The van der Waals surface area contributed by atoms with E-state index in [2.05, 4.69) is 12.2 Å². The van der Waals surface area contributed by atoms with Crippen molar-refractivity contribution in [2.75, 3.05) is 13.1 Å². The van der Waals surface area contributed by atoms with Gasteiger partial charge in [0.05, 0.1) is 0 Å². The fourth-order valence-electron chi connectivity index (χ4n) is 4.48. The molecule has 2 aliphatic heterocycles. The SMILES string of the molecule is CC[C@@H]1CCCCN1C(=O)CCN1C(=O)NC2(CCCCC2)C1=O. The van der Waals surface area contributed by atoms with Crippen molar-refractivity contribution in [1.29, 1.82) is 0 Å². The van der Waals surface area contributed by atoms with Gasteiger partial charge in [-0.3, -0.25) is 14.5 Å². The quantitative estimate of drug-likeness (QED) is 0.802. The van der Waals surface area contributed by atoms with Gasteiger partial charge >= 0.3 is 6.03 Å². The number of imide groups is 1. The highest BCUT2D eigenvalue weighted by atomic mass is 16.2. The van der Waals surface area contributed by atoms with E-state index in [1.807, 2.05) is 4.90 Å². The summed E-state index contributed by atoms with van der Waals surface area (Å²) in [7, 11) is 0. The van der Waals surface area contributed by atoms with Crippen LogP contribution in [-0.2, 0) is 9.59 Å². The van der Waals surface area contributed by atoms with Gasteiger partial charge in [-0.05, 0) is 38.5 Å². The molecule has 2 saturated heterocycles. The predicted molar refractivity (Wildman–Crippen MR) is 90.3 cm³/mol. The molecule has 1 atom stereocenters. The van der Waals surface area contributed by atoms with E-state index in [4.69, 9.17) is 0 Å². The van der Waals surface area contributed by atoms with Crippen LogP contribution in [0.25, 0.3) is 0 Å². The van der Waals surface area contributed by atoms with E-state index in [1.54, 1.807) is 0 Å². The van der Waals surface area contributed by atoms with Crippen molar-refractivity contribution in [3.63, 3.8) is 0 Å². The van der Waals surface area contributed by atoms with Crippen molar-refractivity contribution in [2.45, 2.75) is 82.7 Å². The van der Waals surface area contributed by atoms with Crippen LogP contribution < -0.4 is 5.32 Å². The van der Waals surface area contributed by atoms with Crippen LogP contribution in [0.1, 0.15) is 71.1 Å². The van der Waals surface area contributed by atoms with Gasteiger partial charge in [-0.1, -0.05) is 26.2 Å². The van der Waals surface area contributed by atoms with E-state index in [9.17, 15) is 14.4 Å². The first kappa shape index (κ1) is 17.2. The fourth-order valence-corrected chi connectivity index (χ4v) is 4.48.